The van der Waals surface area contributed by atoms with Crippen molar-refractivity contribution >= 4 is 23.2 Å². The third-order valence-electron chi connectivity index (χ3n) is 4.75. The molecule has 0 radical (unpaired) electrons. The first-order valence-electron chi connectivity index (χ1n) is 9.05. The number of halogens is 2. The highest BCUT2D eigenvalue weighted by molar-refractivity contribution is 5.72. The second-order valence-electron chi connectivity index (χ2n) is 6.57. The maximum atomic E-state index is 14.8. The first kappa shape index (κ1) is 19.3. The molecule has 0 spiro atoms. The average molecular weight is 402 g/mol. The fourth-order valence-corrected chi connectivity index (χ4v) is 3.17. The van der Waals surface area contributed by atoms with Gasteiger partial charge in [0, 0.05) is 29.1 Å². The highest BCUT2D eigenvalue weighted by atomic mass is 19.1. The lowest BCUT2D eigenvalue weighted by Gasteiger charge is -2.11. The van der Waals surface area contributed by atoms with E-state index < -0.39 is 17.2 Å². The van der Waals surface area contributed by atoms with Crippen LogP contribution in [0.25, 0.3) is 34.3 Å². The van der Waals surface area contributed by atoms with Crippen LogP contribution in [0.5, 0.6) is 0 Å². The molecule has 148 valence electrons. The van der Waals surface area contributed by atoms with Gasteiger partial charge in [-0.1, -0.05) is 19.2 Å². The van der Waals surface area contributed by atoms with E-state index in [1.807, 2.05) is 0 Å². The van der Waals surface area contributed by atoms with Crippen LogP contribution in [-0.2, 0) is 6.54 Å². The van der Waals surface area contributed by atoms with Gasteiger partial charge in [0.2, 0.25) is 0 Å². The van der Waals surface area contributed by atoms with Crippen molar-refractivity contribution in [1.82, 2.24) is 19.5 Å². The van der Waals surface area contributed by atoms with Gasteiger partial charge >= 0.3 is 0 Å². The van der Waals surface area contributed by atoms with Gasteiger partial charge < -0.3 is 0 Å². The lowest BCUT2D eigenvalue weighted by Crippen LogP contribution is -2.23. The quantitative estimate of drug-likeness (QED) is 0.494. The van der Waals surface area contributed by atoms with Crippen LogP contribution in [0.1, 0.15) is 16.8 Å². The summed E-state index contributed by atoms with van der Waals surface area (Å²) in [4.78, 5) is 24.9. The Balaban J connectivity index is 1.74. The summed E-state index contributed by atoms with van der Waals surface area (Å²) in [5.74, 6) is -1.54. The molecule has 0 aliphatic heterocycles. The fourth-order valence-electron chi connectivity index (χ4n) is 3.17. The SMILES string of the molecule is C=Cc1cc(-c2cc(F)c(Cn3cnc4cccnc4c3=O)c(F)c2)cnc1C=C. The lowest BCUT2D eigenvalue weighted by atomic mass is 10.0. The van der Waals surface area contributed by atoms with Crippen LogP contribution in [0.2, 0.25) is 0 Å². The summed E-state index contributed by atoms with van der Waals surface area (Å²) < 4.78 is 30.7. The fraction of sp³-hybridized carbons (Fsp3) is 0.0435. The molecule has 0 N–H and O–H groups in total. The van der Waals surface area contributed by atoms with Crippen molar-refractivity contribution in [3.8, 4) is 11.1 Å². The van der Waals surface area contributed by atoms with Crippen LogP contribution in [0.3, 0.4) is 0 Å². The normalized spacial score (nSPS) is 10.9. The molecule has 5 nitrogen and oxygen atoms in total. The highest BCUT2D eigenvalue weighted by Crippen LogP contribution is 2.26. The predicted octanol–water partition coefficient (Wildman–Crippen LogP) is 4.47. The summed E-state index contributed by atoms with van der Waals surface area (Å²) in [5.41, 5.74) is 2.04. The highest BCUT2D eigenvalue weighted by Gasteiger charge is 2.15. The molecule has 30 heavy (non-hydrogen) atoms. The molecule has 0 fully saturated rings. The number of fused-ring (bicyclic) bond motifs is 1. The molecule has 0 aliphatic rings. The van der Waals surface area contributed by atoms with E-state index in [1.165, 1.54) is 30.9 Å². The summed E-state index contributed by atoms with van der Waals surface area (Å²) in [6.07, 6.45) is 7.42. The van der Waals surface area contributed by atoms with Crippen LogP contribution in [0.4, 0.5) is 8.78 Å². The van der Waals surface area contributed by atoms with Crippen molar-refractivity contribution in [3.05, 3.63) is 101 Å². The van der Waals surface area contributed by atoms with Gasteiger partial charge in [-0.25, -0.2) is 18.7 Å². The second kappa shape index (κ2) is 7.79. The Labute approximate surface area is 170 Å². The number of pyridine rings is 2. The molecular formula is C23H16F2N4O. The van der Waals surface area contributed by atoms with Crippen LogP contribution in [0, 0.1) is 11.6 Å². The lowest BCUT2D eigenvalue weighted by molar-refractivity contribution is 0.541. The monoisotopic (exact) mass is 402 g/mol. The smallest absolute Gasteiger partial charge is 0.280 e. The second-order valence-corrected chi connectivity index (χ2v) is 6.57. The number of aromatic nitrogens is 4. The van der Waals surface area contributed by atoms with Crippen molar-refractivity contribution in [2.75, 3.05) is 0 Å². The van der Waals surface area contributed by atoms with Crippen molar-refractivity contribution < 1.29 is 8.78 Å². The van der Waals surface area contributed by atoms with Gasteiger partial charge in [-0.3, -0.25) is 14.3 Å². The van der Waals surface area contributed by atoms with E-state index >= 15 is 0 Å². The van der Waals surface area contributed by atoms with Crippen molar-refractivity contribution in [2.24, 2.45) is 0 Å². The topological polar surface area (TPSA) is 60.7 Å². The number of nitrogens with zero attached hydrogens (tertiary/aromatic N) is 4. The summed E-state index contributed by atoms with van der Waals surface area (Å²) in [5, 5.41) is 0. The van der Waals surface area contributed by atoms with Crippen LogP contribution >= 0.6 is 0 Å². The van der Waals surface area contributed by atoms with E-state index in [1.54, 1.807) is 30.4 Å². The van der Waals surface area contributed by atoms with Crippen LogP contribution in [-0.4, -0.2) is 19.5 Å². The summed E-state index contributed by atoms with van der Waals surface area (Å²) in [6, 6.07) is 7.47. The zero-order valence-electron chi connectivity index (χ0n) is 15.8. The van der Waals surface area contributed by atoms with Gasteiger partial charge in [0.1, 0.15) is 11.6 Å². The zero-order chi connectivity index (χ0) is 21.3. The molecule has 0 saturated heterocycles. The molecule has 4 rings (SSSR count). The van der Waals surface area contributed by atoms with E-state index in [4.69, 9.17) is 0 Å². The molecule has 0 unspecified atom stereocenters. The molecular weight excluding hydrogens is 386 g/mol. The Morgan fingerprint density at radius 3 is 2.47 bits per heavy atom. The van der Waals surface area contributed by atoms with Gasteiger partial charge in [0.15, 0.2) is 5.52 Å². The van der Waals surface area contributed by atoms with Gasteiger partial charge in [-0.2, -0.15) is 0 Å². The van der Waals surface area contributed by atoms with E-state index in [2.05, 4.69) is 28.1 Å². The van der Waals surface area contributed by atoms with E-state index in [9.17, 15) is 13.6 Å². The molecule has 0 bridgehead atoms. The average Bonchev–Trinajstić information content (AvgIpc) is 2.77. The van der Waals surface area contributed by atoms with Crippen molar-refractivity contribution in [2.45, 2.75) is 6.54 Å². The van der Waals surface area contributed by atoms with Gasteiger partial charge in [-0.05, 0) is 42.0 Å². The summed E-state index contributed by atoms with van der Waals surface area (Å²) >= 11 is 0. The minimum absolute atomic E-state index is 0.141. The van der Waals surface area contributed by atoms with Crippen molar-refractivity contribution in [3.63, 3.8) is 0 Å². The minimum atomic E-state index is -0.772. The molecule has 1 aromatic carbocycles. The molecule has 3 heterocycles. The Morgan fingerprint density at radius 2 is 1.77 bits per heavy atom. The predicted molar refractivity (Wildman–Crippen MR) is 113 cm³/mol. The van der Waals surface area contributed by atoms with Crippen LogP contribution < -0.4 is 5.56 Å². The van der Waals surface area contributed by atoms with E-state index in [0.29, 0.717) is 27.9 Å². The molecule has 0 saturated carbocycles. The van der Waals surface area contributed by atoms with Gasteiger partial charge in [0.25, 0.3) is 5.56 Å². The first-order valence-corrected chi connectivity index (χ1v) is 9.05. The molecule has 0 amide bonds. The molecule has 0 atom stereocenters. The van der Waals surface area contributed by atoms with Gasteiger partial charge in [-0.15, -0.1) is 0 Å². The Kier molecular flexibility index (Phi) is 5.02. The molecule has 3 aromatic heterocycles. The summed E-state index contributed by atoms with van der Waals surface area (Å²) in [7, 11) is 0. The van der Waals surface area contributed by atoms with E-state index in [-0.39, 0.29) is 17.6 Å². The zero-order valence-corrected chi connectivity index (χ0v) is 15.8. The maximum Gasteiger partial charge on any atom is 0.280 e. The molecule has 4 aromatic rings. The third kappa shape index (κ3) is 3.41. The Morgan fingerprint density at radius 1 is 1.00 bits per heavy atom. The minimum Gasteiger partial charge on any atom is -0.293 e. The maximum absolute atomic E-state index is 14.8. The molecule has 0 aliphatic carbocycles. The first-order chi connectivity index (χ1) is 14.5. The Hall–Kier alpha value is -4.00. The van der Waals surface area contributed by atoms with Crippen molar-refractivity contribution in [1.29, 1.82) is 0 Å². The standard InChI is InChI=1S/C23H16F2N4O/c1-3-14-8-16(11-27-20(14)4-2)15-9-18(24)17(19(25)10-15)12-29-13-28-21-6-5-7-26-22(21)23(29)30/h3-11,13H,1-2,12H2. The molecule has 7 heteroatoms. The number of rotatable bonds is 5. The number of hydrogen-bond donors (Lipinski definition) is 0. The Bertz CT molecular complexity index is 1340. The van der Waals surface area contributed by atoms with Gasteiger partial charge in [0.05, 0.1) is 24.1 Å². The summed E-state index contributed by atoms with van der Waals surface area (Å²) in [6.45, 7) is 7.10. The number of benzene rings is 1. The van der Waals surface area contributed by atoms with E-state index in [0.717, 1.165) is 4.57 Å². The third-order valence-corrected chi connectivity index (χ3v) is 4.75. The van der Waals surface area contributed by atoms with Crippen LogP contribution in [0.15, 0.2) is 67.0 Å². The number of hydrogen-bond acceptors (Lipinski definition) is 4. The largest absolute Gasteiger partial charge is 0.293 e.